The van der Waals surface area contributed by atoms with Crippen LogP contribution in [0.5, 0.6) is 5.75 Å². The summed E-state index contributed by atoms with van der Waals surface area (Å²) in [4.78, 5) is 14.5. The summed E-state index contributed by atoms with van der Waals surface area (Å²) in [5.41, 5.74) is 2.22. The summed E-state index contributed by atoms with van der Waals surface area (Å²) in [6.07, 6.45) is -0.623. The highest BCUT2D eigenvalue weighted by Crippen LogP contribution is 2.24. The Balaban J connectivity index is 1.50. The van der Waals surface area contributed by atoms with E-state index in [9.17, 15) is 4.79 Å². The Morgan fingerprint density at radius 3 is 2.58 bits per heavy atom. The van der Waals surface area contributed by atoms with Gasteiger partial charge in [0.25, 0.3) is 5.91 Å². The van der Waals surface area contributed by atoms with Crippen molar-refractivity contribution in [1.29, 1.82) is 0 Å². The zero-order chi connectivity index (χ0) is 18.4. The highest BCUT2D eigenvalue weighted by Gasteiger charge is 2.16. The van der Waals surface area contributed by atoms with Crippen LogP contribution in [0.3, 0.4) is 0 Å². The fraction of sp³-hybridized carbons (Fsp3) is 0.350. The standard InChI is InChI=1S/C20H23ClN2O3/c1-15(26-19-5-3-2-4-18(19)21)20(24)22-14-16-6-8-17(9-7-16)23-10-12-25-13-11-23/h2-9,15H,10-14H2,1H3,(H,22,24)/t15-/m0/s1. The predicted octanol–water partition coefficient (Wildman–Crippen LogP) is 3.26. The van der Waals surface area contributed by atoms with Gasteiger partial charge in [0.1, 0.15) is 5.75 Å². The van der Waals surface area contributed by atoms with Gasteiger partial charge in [0, 0.05) is 25.3 Å². The lowest BCUT2D eigenvalue weighted by molar-refractivity contribution is -0.127. The topological polar surface area (TPSA) is 50.8 Å². The van der Waals surface area contributed by atoms with Crippen LogP contribution in [0.1, 0.15) is 12.5 Å². The minimum Gasteiger partial charge on any atom is -0.479 e. The first kappa shape index (κ1) is 18.5. The molecule has 1 atom stereocenters. The second-order valence-corrected chi connectivity index (χ2v) is 6.58. The van der Waals surface area contributed by atoms with Gasteiger partial charge in [-0.2, -0.15) is 0 Å². The summed E-state index contributed by atoms with van der Waals surface area (Å²) in [6, 6.07) is 15.3. The van der Waals surface area contributed by atoms with Crippen molar-refractivity contribution in [2.75, 3.05) is 31.2 Å². The number of rotatable bonds is 6. The minimum absolute atomic E-state index is 0.179. The van der Waals surface area contributed by atoms with Crippen molar-refractivity contribution in [3.05, 3.63) is 59.1 Å². The number of halogens is 1. The van der Waals surface area contributed by atoms with Gasteiger partial charge < -0.3 is 19.7 Å². The molecule has 0 bridgehead atoms. The lowest BCUT2D eigenvalue weighted by Crippen LogP contribution is -2.36. The molecule has 1 N–H and O–H groups in total. The maximum absolute atomic E-state index is 12.2. The number of carbonyl (C=O) groups is 1. The maximum Gasteiger partial charge on any atom is 0.261 e. The number of morpholine rings is 1. The summed E-state index contributed by atoms with van der Waals surface area (Å²) in [7, 11) is 0. The van der Waals surface area contributed by atoms with Crippen molar-refractivity contribution in [1.82, 2.24) is 5.32 Å². The SMILES string of the molecule is C[C@H](Oc1ccccc1Cl)C(=O)NCc1ccc(N2CCOCC2)cc1. The van der Waals surface area contributed by atoms with Gasteiger partial charge in [0.05, 0.1) is 18.2 Å². The van der Waals surface area contributed by atoms with Crippen LogP contribution in [0.4, 0.5) is 5.69 Å². The van der Waals surface area contributed by atoms with Gasteiger partial charge >= 0.3 is 0 Å². The molecule has 2 aromatic rings. The summed E-state index contributed by atoms with van der Waals surface area (Å²) in [5.74, 6) is 0.328. The molecule has 0 saturated carbocycles. The fourth-order valence-corrected chi connectivity index (χ4v) is 2.94. The molecule has 26 heavy (non-hydrogen) atoms. The average molecular weight is 375 g/mol. The van der Waals surface area contributed by atoms with Crippen molar-refractivity contribution >= 4 is 23.2 Å². The Morgan fingerprint density at radius 1 is 1.19 bits per heavy atom. The lowest BCUT2D eigenvalue weighted by atomic mass is 10.2. The van der Waals surface area contributed by atoms with E-state index in [4.69, 9.17) is 21.1 Å². The van der Waals surface area contributed by atoms with Gasteiger partial charge in [0.15, 0.2) is 6.10 Å². The zero-order valence-electron chi connectivity index (χ0n) is 14.8. The smallest absolute Gasteiger partial charge is 0.261 e. The molecule has 0 unspecified atom stereocenters. The number of para-hydroxylation sites is 1. The van der Waals surface area contributed by atoms with Crippen LogP contribution in [0, 0.1) is 0 Å². The van der Waals surface area contributed by atoms with Gasteiger partial charge in [-0.15, -0.1) is 0 Å². The fourth-order valence-electron chi connectivity index (χ4n) is 2.76. The Labute approximate surface area is 158 Å². The van der Waals surface area contributed by atoms with Gasteiger partial charge in [-0.3, -0.25) is 4.79 Å². The van der Waals surface area contributed by atoms with Gasteiger partial charge in [0.2, 0.25) is 0 Å². The van der Waals surface area contributed by atoms with E-state index in [0.29, 0.717) is 17.3 Å². The van der Waals surface area contributed by atoms with E-state index in [1.807, 2.05) is 24.3 Å². The van der Waals surface area contributed by atoms with E-state index in [-0.39, 0.29) is 5.91 Å². The van der Waals surface area contributed by atoms with E-state index >= 15 is 0 Å². The third kappa shape index (κ3) is 4.90. The Morgan fingerprint density at radius 2 is 1.88 bits per heavy atom. The number of hydrogen-bond acceptors (Lipinski definition) is 4. The zero-order valence-corrected chi connectivity index (χ0v) is 15.5. The van der Waals surface area contributed by atoms with Crippen LogP contribution < -0.4 is 15.0 Å². The third-order valence-corrected chi connectivity index (χ3v) is 4.60. The molecule has 0 radical (unpaired) electrons. The molecule has 138 valence electrons. The molecule has 1 fully saturated rings. The Hall–Kier alpha value is -2.24. The van der Waals surface area contributed by atoms with E-state index < -0.39 is 6.10 Å². The third-order valence-electron chi connectivity index (χ3n) is 4.29. The van der Waals surface area contributed by atoms with Crippen LogP contribution >= 0.6 is 11.6 Å². The van der Waals surface area contributed by atoms with Crippen molar-refractivity contribution in [3.8, 4) is 5.75 Å². The van der Waals surface area contributed by atoms with E-state index in [1.54, 1.807) is 19.1 Å². The average Bonchev–Trinajstić information content (AvgIpc) is 2.69. The van der Waals surface area contributed by atoms with E-state index in [0.717, 1.165) is 31.9 Å². The molecule has 0 aliphatic carbocycles. The molecule has 1 amide bonds. The first-order valence-electron chi connectivity index (χ1n) is 8.74. The Bertz CT molecular complexity index is 730. The molecule has 0 spiro atoms. The molecule has 2 aromatic carbocycles. The largest absolute Gasteiger partial charge is 0.479 e. The number of amides is 1. The number of hydrogen-bond donors (Lipinski definition) is 1. The molecule has 1 aliphatic heterocycles. The Kier molecular flexibility index (Phi) is 6.36. The number of nitrogens with one attached hydrogen (secondary N) is 1. The molecular formula is C20H23ClN2O3. The predicted molar refractivity (Wildman–Crippen MR) is 103 cm³/mol. The number of nitrogens with zero attached hydrogens (tertiary/aromatic N) is 1. The van der Waals surface area contributed by atoms with Gasteiger partial charge in [-0.05, 0) is 36.8 Å². The van der Waals surface area contributed by atoms with Crippen LogP contribution in [0.2, 0.25) is 5.02 Å². The van der Waals surface area contributed by atoms with Crippen molar-refractivity contribution < 1.29 is 14.3 Å². The molecule has 0 aromatic heterocycles. The minimum atomic E-state index is -0.623. The number of carbonyl (C=O) groups excluding carboxylic acids is 1. The second-order valence-electron chi connectivity index (χ2n) is 6.17. The first-order valence-corrected chi connectivity index (χ1v) is 9.12. The number of benzene rings is 2. The van der Waals surface area contributed by atoms with Crippen LogP contribution in [0.15, 0.2) is 48.5 Å². The molecule has 1 aliphatic rings. The lowest BCUT2D eigenvalue weighted by Gasteiger charge is -2.28. The molecule has 1 heterocycles. The van der Waals surface area contributed by atoms with Crippen molar-refractivity contribution in [2.45, 2.75) is 19.6 Å². The molecule has 6 heteroatoms. The normalized spacial score (nSPS) is 15.4. The number of anilines is 1. The van der Waals surface area contributed by atoms with E-state index in [1.165, 1.54) is 5.69 Å². The summed E-state index contributed by atoms with van der Waals surface area (Å²) >= 11 is 6.06. The first-order chi connectivity index (χ1) is 12.6. The summed E-state index contributed by atoms with van der Waals surface area (Å²) in [5, 5.41) is 3.39. The molecule has 5 nitrogen and oxygen atoms in total. The highest BCUT2D eigenvalue weighted by atomic mass is 35.5. The number of ether oxygens (including phenoxy) is 2. The summed E-state index contributed by atoms with van der Waals surface area (Å²) in [6.45, 7) is 5.51. The van der Waals surface area contributed by atoms with E-state index in [2.05, 4.69) is 22.3 Å². The van der Waals surface area contributed by atoms with Gasteiger partial charge in [-0.1, -0.05) is 35.9 Å². The molecule has 1 saturated heterocycles. The van der Waals surface area contributed by atoms with Crippen molar-refractivity contribution in [3.63, 3.8) is 0 Å². The van der Waals surface area contributed by atoms with Crippen molar-refractivity contribution in [2.24, 2.45) is 0 Å². The van der Waals surface area contributed by atoms with Crippen LogP contribution in [-0.4, -0.2) is 38.3 Å². The maximum atomic E-state index is 12.2. The monoisotopic (exact) mass is 374 g/mol. The quantitative estimate of drug-likeness (QED) is 0.843. The summed E-state index contributed by atoms with van der Waals surface area (Å²) < 4.78 is 11.0. The van der Waals surface area contributed by atoms with Gasteiger partial charge in [-0.25, -0.2) is 0 Å². The molecule has 3 rings (SSSR count). The molecular weight excluding hydrogens is 352 g/mol. The second kappa shape index (κ2) is 8.92. The van der Waals surface area contributed by atoms with Crippen LogP contribution in [0.25, 0.3) is 0 Å². The highest BCUT2D eigenvalue weighted by molar-refractivity contribution is 6.32. The van der Waals surface area contributed by atoms with Crippen LogP contribution in [-0.2, 0) is 16.1 Å².